The Morgan fingerprint density at radius 2 is 1.89 bits per heavy atom. The molecule has 0 unspecified atom stereocenters. The van der Waals surface area contributed by atoms with Gasteiger partial charge in [-0.05, 0) is 17.7 Å². The lowest BCUT2D eigenvalue weighted by atomic mass is 10.2. The highest BCUT2D eigenvalue weighted by Gasteiger charge is 2.07. The van der Waals surface area contributed by atoms with Crippen LogP contribution in [0.15, 0.2) is 64.3 Å². The smallest absolute Gasteiger partial charge is 0.226 e. The van der Waals surface area contributed by atoms with Gasteiger partial charge in [0, 0.05) is 31.4 Å². The van der Waals surface area contributed by atoms with Gasteiger partial charge < -0.3 is 19.8 Å². The molecule has 2 aromatic heterocycles. The van der Waals surface area contributed by atoms with E-state index in [1.807, 2.05) is 42.5 Å². The zero-order valence-corrected chi connectivity index (χ0v) is 17.5. The molecule has 0 aliphatic rings. The van der Waals surface area contributed by atoms with Gasteiger partial charge in [-0.2, -0.15) is 0 Å². The highest BCUT2D eigenvalue weighted by atomic mass is 127. The molecule has 7 nitrogen and oxygen atoms in total. The third-order valence-electron chi connectivity index (χ3n) is 3.70. The SMILES string of the molecule is CN=C(NCc1ccc(OC)nc1)NCc1coc(-c2ccccc2)n1.I. The molecular weight excluding hydrogens is 457 g/mol. The molecule has 0 aliphatic carbocycles. The van der Waals surface area contributed by atoms with Crippen LogP contribution in [0.4, 0.5) is 0 Å². The van der Waals surface area contributed by atoms with Gasteiger partial charge in [-0.25, -0.2) is 9.97 Å². The van der Waals surface area contributed by atoms with Crippen LogP contribution in [-0.2, 0) is 13.1 Å². The molecule has 0 radical (unpaired) electrons. The summed E-state index contributed by atoms with van der Waals surface area (Å²) in [7, 11) is 3.32. The maximum Gasteiger partial charge on any atom is 0.226 e. The van der Waals surface area contributed by atoms with Gasteiger partial charge >= 0.3 is 0 Å². The molecule has 0 atom stereocenters. The summed E-state index contributed by atoms with van der Waals surface area (Å²) in [5.41, 5.74) is 2.78. The predicted octanol–water partition coefficient (Wildman–Crippen LogP) is 3.23. The van der Waals surface area contributed by atoms with Crippen LogP contribution in [0.1, 0.15) is 11.3 Å². The molecule has 3 rings (SSSR count). The van der Waals surface area contributed by atoms with Crippen LogP contribution in [-0.4, -0.2) is 30.1 Å². The van der Waals surface area contributed by atoms with Crippen molar-refractivity contribution in [2.75, 3.05) is 14.2 Å². The van der Waals surface area contributed by atoms with E-state index in [-0.39, 0.29) is 24.0 Å². The molecule has 0 spiro atoms. The van der Waals surface area contributed by atoms with E-state index in [0.29, 0.717) is 30.8 Å². The summed E-state index contributed by atoms with van der Waals surface area (Å²) >= 11 is 0. The van der Waals surface area contributed by atoms with Crippen molar-refractivity contribution in [1.82, 2.24) is 20.6 Å². The first-order valence-electron chi connectivity index (χ1n) is 8.21. The summed E-state index contributed by atoms with van der Waals surface area (Å²) < 4.78 is 10.6. The maximum atomic E-state index is 5.54. The van der Waals surface area contributed by atoms with E-state index in [0.717, 1.165) is 16.8 Å². The number of halogens is 1. The minimum Gasteiger partial charge on any atom is -0.481 e. The Labute approximate surface area is 175 Å². The molecule has 3 aromatic rings. The van der Waals surface area contributed by atoms with Gasteiger partial charge in [0.1, 0.15) is 6.26 Å². The molecule has 2 N–H and O–H groups in total. The third kappa shape index (κ3) is 5.95. The molecular formula is C19H22IN5O2. The first-order valence-corrected chi connectivity index (χ1v) is 8.21. The molecule has 8 heteroatoms. The van der Waals surface area contributed by atoms with Crippen molar-refractivity contribution < 1.29 is 9.15 Å². The monoisotopic (exact) mass is 479 g/mol. The Balaban J connectivity index is 0.00000261. The highest BCUT2D eigenvalue weighted by molar-refractivity contribution is 14.0. The van der Waals surface area contributed by atoms with E-state index in [9.17, 15) is 0 Å². The van der Waals surface area contributed by atoms with Crippen molar-refractivity contribution in [1.29, 1.82) is 0 Å². The molecule has 27 heavy (non-hydrogen) atoms. The quantitative estimate of drug-likeness (QED) is 0.321. The van der Waals surface area contributed by atoms with Crippen molar-refractivity contribution in [3.8, 4) is 17.3 Å². The van der Waals surface area contributed by atoms with Crippen molar-refractivity contribution in [3.05, 3.63) is 66.2 Å². The zero-order chi connectivity index (χ0) is 18.2. The highest BCUT2D eigenvalue weighted by Crippen LogP contribution is 2.17. The summed E-state index contributed by atoms with van der Waals surface area (Å²) in [4.78, 5) is 12.9. The van der Waals surface area contributed by atoms with E-state index < -0.39 is 0 Å². The van der Waals surface area contributed by atoms with Crippen LogP contribution >= 0.6 is 24.0 Å². The number of hydrogen-bond donors (Lipinski definition) is 2. The Hall–Kier alpha value is -2.62. The molecule has 0 aliphatic heterocycles. The Kier molecular flexibility index (Phi) is 8.05. The van der Waals surface area contributed by atoms with Crippen LogP contribution in [0.25, 0.3) is 11.5 Å². The van der Waals surface area contributed by atoms with Crippen molar-refractivity contribution >= 4 is 29.9 Å². The van der Waals surface area contributed by atoms with Gasteiger partial charge in [0.25, 0.3) is 0 Å². The maximum absolute atomic E-state index is 5.54. The van der Waals surface area contributed by atoms with E-state index in [1.54, 1.807) is 26.6 Å². The van der Waals surface area contributed by atoms with Crippen molar-refractivity contribution in [2.24, 2.45) is 4.99 Å². The van der Waals surface area contributed by atoms with Gasteiger partial charge in [-0.3, -0.25) is 4.99 Å². The second kappa shape index (κ2) is 10.5. The fraction of sp³-hybridized carbons (Fsp3) is 0.211. The molecule has 0 fully saturated rings. The number of guanidine groups is 1. The molecule has 2 heterocycles. The fourth-order valence-corrected chi connectivity index (χ4v) is 2.32. The van der Waals surface area contributed by atoms with E-state index in [4.69, 9.17) is 9.15 Å². The van der Waals surface area contributed by atoms with Crippen LogP contribution < -0.4 is 15.4 Å². The average Bonchev–Trinajstić information content (AvgIpc) is 3.18. The van der Waals surface area contributed by atoms with E-state index >= 15 is 0 Å². The molecule has 142 valence electrons. The van der Waals surface area contributed by atoms with Crippen LogP contribution in [0.3, 0.4) is 0 Å². The minimum atomic E-state index is 0. The lowest BCUT2D eigenvalue weighted by molar-refractivity contribution is 0.397. The number of aromatic nitrogens is 2. The van der Waals surface area contributed by atoms with Gasteiger partial charge in [-0.1, -0.05) is 24.3 Å². The normalized spacial score (nSPS) is 10.8. The zero-order valence-electron chi connectivity index (χ0n) is 15.2. The number of aliphatic imine (C=N–C) groups is 1. The molecule has 0 saturated carbocycles. The summed E-state index contributed by atoms with van der Waals surface area (Å²) in [6, 6.07) is 13.6. The van der Waals surface area contributed by atoms with Gasteiger partial charge in [-0.15, -0.1) is 24.0 Å². The van der Waals surface area contributed by atoms with E-state index in [1.165, 1.54) is 0 Å². The number of ether oxygens (including phenoxy) is 1. The predicted molar refractivity (Wildman–Crippen MR) is 115 cm³/mol. The van der Waals surface area contributed by atoms with Gasteiger partial charge in [0.15, 0.2) is 5.96 Å². The number of nitrogens with zero attached hydrogens (tertiary/aromatic N) is 3. The largest absolute Gasteiger partial charge is 0.481 e. The topological polar surface area (TPSA) is 84.6 Å². The van der Waals surface area contributed by atoms with Crippen LogP contribution in [0, 0.1) is 0 Å². The number of nitrogens with one attached hydrogen (secondary N) is 2. The van der Waals surface area contributed by atoms with Crippen molar-refractivity contribution in [2.45, 2.75) is 13.1 Å². The van der Waals surface area contributed by atoms with Crippen molar-refractivity contribution in [3.63, 3.8) is 0 Å². The molecule has 0 bridgehead atoms. The van der Waals surface area contributed by atoms with Gasteiger partial charge in [0.05, 0.1) is 19.3 Å². The number of methoxy groups -OCH3 is 1. The van der Waals surface area contributed by atoms with Crippen LogP contribution in [0.2, 0.25) is 0 Å². The number of hydrogen-bond acceptors (Lipinski definition) is 5. The Bertz CT molecular complexity index is 850. The van der Waals surface area contributed by atoms with E-state index in [2.05, 4.69) is 25.6 Å². The first-order chi connectivity index (χ1) is 12.8. The number of oxazole rings is 1. The molecule has 0 saturated heterocycles. The first kappa shape index (κ1) is 20.7. The lowest BCUT2D eigenvalue weighted by Crippen LogP contribution is -2.36. The number of rotatable bonds is 6. The van der Waals surface area contributed by atoms with Crippen LogP contribution in [0.5, 0.6) is 5.88 Å². The minimum absolute atomic E-state index is 0. The molecule has 0 amide bonds. The Morgan fingerprint density at radius 3 is 2.56 bits per heavy atom. The summed E-state index contributed by atoms with van der Waals surface area (Å²) in [6.07, 6.45) is 3.42. The summed E-state index contributed by atoms with van der Waals surface area (Å²) in [5.74, 6) is 1.87. The lowest BCUT2D eigenvalue weighted by Gasteiger charge is -2.10. The summed E-state index contributed by atoms with van der Waals surface area (Å²) in [5, 5.41) is 6.45. The third-order valence-corrected chi connectivity index (χ3v) is 3.70. The second-order valence-electron chi connectivity index (χ2n) is 5.50. The standard InChI is InChI=1S/C19H21N5O2.HI/c1-20-19(22-11-14-8-9-17(25-2)21-10-14)23-12-16-13-26-18(24-16)15-6-4-3-5-7-15;/h3-10,13H,11-12H2,1-2H3,(H2,20,22,23);1H. The fourth-order valence-electron chi connectivity index (χ4n) is 2.32. The second-order valence-corrected chi connectivity index (χ2v) is 5.50. The number of pyridine rings is 1. The number of benzene rings is 1. The Morgan fingerprint density at radius 1 is 1.11 bits per heavy atom. The molecule has 1 aromatic carbocycles. The summed E-state index contributed by atoms with van der Waals surface area (Å²) in [6.45, 7) is 1.11. The average molecular weight is 479 g/mol. The van der Waals surface area contributed by atoms with Gasteiger partial charge in [0.2, 0.25) is 11.8 Å².